The number of aliphatic hydroxyl groups excluding tert-OH is 1. The highest BCUT2D eigenvalue weighted by Gasteiger charge is 2.34. The Balaban J connectivity index is 1.36. The number of carbonyl (C=O) groups is 2. The Morgan fingerprint density at radius 1 is 1.13 bits per heavy atom. The minimum atomic E-state index is -0.984. The molecule has 2 amide bonds. The van der Waals surface area contributed by atoms with Gasteiger partial charge in [0.25, 0.3) is 11.8 Å². The molecule has 0 saturated carbocycles. The van der Waals surface area contributed by atoms with Crippen LogP contribution in [0.25, 0.3) is 22.8 Å². The van der Waals surface area contributed by atoms with Crippen molar-refractivity contribution in [2.45, 2.75) is 38.3 Å². The summed E-state index contributed by atoms with van der Waals surface area (Å²) in [5.41, 5.74) is 3.39. The summed E-state index contributed by atoms with van der Waals surface area (Å²) in [4.78, 5) is 34.2. The van der Waals surface area contributed by atoms with E-state index < -0.39 is 11.6 Å². The van der Waals surface area contributed by atoms with E-state index in [1.165, 1.54) is 12.1 Å². The molecular weight excluding hydrogens is 502 g/mol. The van der Waals surface area contributed by atoms with E-state index in [1.54, 1.807) is 30.3 Å². The SMILES string of the molecule is Cc1cc(C(=O)N2CCCC2CN2CC[C@@H](O)C2)c(/C=C2\C(=O)Nc3cccc(-c4cccc(F)c4F)c32)[nH]1. The molecular formula is C30H30F2N4O3. The molecule has 6 rings (SSSR count). The lowest BCUT2D eigenvalue weighted by molar-refractivity contribution is -0.110. The lowest BCUT2D eigenvalue weighted by Gasteiger charge is -2.28. The molecule has 1 aromatic heterocycles. The average Bonchev–Trinajstić information content (AvgIpc) is 3.69. The molecule has 1 unspecified atom stereocenters. The van der Waals surface area contributed by atoms with Crippen LogP contribution in [0.4, 0.5) is 14.5 Å². The first kappa shape index (κ1) is 25.5. The van der Waals surface area contributed by atoms with Crippen LogP contribution in [0.5, 0.6) is 0 Å². The quantitative estimate of drug-likeness (QED) is 0.424. The average molecular weight is 533 g/mol. The number of hydrogen-bond acceptors (Lipinski definition) is 4. The number of nitrogens with one attached hydrogen (secondary N) is 2. The molecule has 39 heavy (non-hydrogen) atoms. The number of halogens is 2. The van der Waals surface area contributed by atoms with Crippen LogP contribution in [0.15, 0.2) is 42.5 Å². The highest BCUT2D eigenvalue weighted by Crippen LogP contribution is 2.41. The fourth-order valence-corrected chi connectivity index (χ4v) is 6.09. The minimum Gasteiger partial charge on any atom is -0.392 e. The van der Waals surface area contributed by atoms with Gasteiger partial charge in [0.05, 0.1) is 22.9 Å². The van der Waals surface area contributed by atoms with Gasteiger partial charge in [-0.2, -0.15) is 0 Å². The minimum absolute atomic E-state index is 0.0524. The van der Waals surface area contributed by atoms with Crippen LogP contribution < -0.4 is 5.32 Å². The van der Waals surface area contributed by atoms with Crippen molar-refractivity contribution in [1.82, 2.24) is 14.8 Å². The normalized spacial score (nSPS) is 22.1. The van der Waals surface area contributed by atoms with E-state index in [0.717, 1.165) is 44.1 Å². The third-order valence-corrected chi connectivity index (χ3v) is 7.92. The van der Waals surface area contributed by atoms with Crippen LogP contribution in [0.2, 0.25) is 0 Å². The number of nitrogens with zero attached hydrogens (tertiary/aromatic N) is 2. The van der Waals surface area contributed by atoms with Gasteiger partial charge in [0.2, 0.25) is 0 Å². The zero-order chi connectivity index (χ0) is 27.3. The van der Waals surface area contributed by atoms with Gasteiger partial charge >= 0.3 is 0 Å². The number of hydrogen-bond donors (Lipinski definition) is 3. The van der Waals surface area contributed by atoms with Crippen molar-refractivity contribution in [3.05, 3.63) is 76.6 Å². The largest absolute Gasteiger partial charge is 0.392 e. The van der Waals surface area contributed by atoms with Gasteiger partial charge < -0.3 is 20.3 Å². The van der Waals surface area contributed by atoms with Crippen molar-refractivity contribution in [3.63, 3.8) is 0 Å². The van der Waals surface area contributed by atoms with Crippen LogP contribution in [-0.2, 0) is 4.79 Å². The van der Waals surface area contributed by atoms with Crippen molar-refractivity contribution >= 4 is 29.2 Å². The van der Waals surface area contributed by atoms with E-state index in [2.05, 4.69) is 15.2 Å². The second-order valence-electron chi connectivity index (χ2n) is 10.6. The zero-order valence-corrected chi connectivity index (χ0v) is 21.6. The van der Waals surface area contributed by atoms with Gasteiger partial charge in [0.1, 0.15) is 0 Å². The van der Waals surface area contributed by atoms with Gasteiger partial charge in [-0.25, -0.2) is 8.78 Å². The van der Waals surface area contributed by atoms with Gasteiger partial charge in [-0.05, 0) is 56.0 Å². The first-order valence-electron chi connectivity index (χ1n) is 13.3. The van der Waals surface area contributed by atoms with E-state index in [0.29, 0.717) is 41.2 Å². The van der Waals surface area contributed by atoms with E-state index in [4.69, 9.17) is 0 Å². The van der Waals surface area contributed by atoms with E-state index in [9.17, 15) is 23.5 Å². The second kappa shape index (κ2) is 10.1. The van der Waals surface area contributed by atoms with Crippen molar-refractivity contribution in [1.29, 1.82) is 0 Å². The number of likely N-dealkylation sites (tertiary alicyclic amines) is 2. The maximum atomic E-state index is 14.8. The summed E-state index contributed by atoms with van der Waals surface area (Å²) in [6, 6.07) is 10.9. The third-order valence-electron chi connectivity index (χ3n) is 7.92. The van der Waals surface area contributed by atoms with Crippen LogP contribution in [0.1, 0.15) is 46.6 Å². The second-order valence-corrected chi connectivity index (χ2v) is 10.6. The molecule has 3 N–H and O–H groups in total. The third kappa shape index (κ3) is 4.66. The summed E-state index contributed by atoms with van der Waals surface area (Å²) in [7, 11) is 0. The number of rotatable bonds is 5. The number of β-amino-alcohol motifs (C(OH)–C–C–N with tert-alkyl or cyclic N) is 1. The van der Waals surface area contributed by atoms with Crippen LogP contribution in [0.3, 0.4) is 0 Å². The molecule has 2 saturated heterocycles. The first-order chi connectivity index (χ1) is 18.8. The number of aromatic nitrogens is 1. The number of carbonyl (C=O) groups excluding carboxylic acids is 2. The number of benzene rings is 2. The number of amides is 2. The predicted octanol–water partition coefficient (Wildman–Crippen LogP) is 4.43. The monoisotopic (exact) mass is 532 g/mol. The molecule has 3 aliphatic rings. The summed E-state index contributed by atoms with van der Waals surface area (Å²) >= 11 is 0. The topological polar surface area (TPSA) is 88.7 Å². The first-order valence-corrected chi connectivity index (χ1v) is 13.3. The molecule has 3 aromatic rings. The predicted molar refractivity (Wildman–Crippen MR) is 145 cm³/mol. The van der Waals surface area contributed by atoms with Gasteiger partial charge in [-0.1, -0.05) is 24.3 Å². The molecule has 202 valence electrons. The molecule has 0 radical (unpaired) electrons. The fourth-order valence-electron chi connectivity index (χ4n) is 6.09. The Hall–Kier alpha value is -3.82. The van der Waals surface area contributed by atoms with Crippen molar-refractivity contribution in [2.75, 3.05) is 31.5 Å². The maximum Gasteiger partial charge on any atom is 0.256 e. The van der Waals surface area contributed by atoms with E-state index in [-0.39, 0.29) is 35.1 Å². The highest BCUT2D eigenvalue weighted by molar-refractivity contribution is 6.36. The van der Waals surface area contributed by atoms with Crippen molar-refractivity contribution < 1.29 is 23.5 Å². The molecule has 7 nitrogen and oxygen atoms in total. The van der Waals surface area contributed by atoms with Gasteiger partial charge in [0, 0.05) is 54.7 Å². The summed E-state index contributed by atoms with van der Waals surface area (Å²) in [6.07, 6.45) is 3.87. The summed E-state index contributed by atoms with van der Waals surface area (Å²) in [5.74, 6) is -2.45. The Morgan fingerprint density at radius 3 is 2.72 bits per heavy atom. The fraction of sp³-hybridized carbons (Fsp3) is 0.333. The number of aromatic amines is 1. The Bertz CT molecular complexity index is 1500. The van der Waals surface area contributed by atoms with Crippen LogP contribution >= 0.6 is 0 Å². The smallest absolute Gasteiger partial charge is 0.256 e. The molecule has 9 heteroatoms. The van der Waals surface area contributed by atoms with Crippen molar-refractivity contribution in [3.8, 4) is 11.1 Å². The molecule has 3 aliphatic heterocycles. The Labute approximate surface area is 225 Å². The van der Waals surface area contributed by atoms with Crippen LogP contribution in [0, 0.1) is 18.6 Å². The summed E-state index contributed by atoms with van der Waals surface area (Å²) in [5, 5.41) is 12.7. The molecule has 4 heterocycles. The summed E-state index contributed by atoms with van der Waals surface area (Å²) in [6.45, 7) is 4.67. The maximum absolute atomic E-state index is 14.8. The number of anilines is 1. The molecule has 0 aliphatic carbocycles. The van der Waals surface area contributed by atoms with Crippen molar-refractivity contribution in [2.24, 2.45) is 0 Å². The van der Waals surface area contributed by atoms with E-state index in [1.807, 2.05) is 11.8 Å². The van der Waals surface area contributed by atoms with Gasteiger partial charge in [-0.3, -0.25) is 14.5 Å². The Morgan fingerprint density at radius 2 is 1.92 bits per heavy atom. The van der Waals surface area contributed by atoms with E-state index >= 15 is 0 Å². The van der Waals surface area contributed by atoms with Crippen LogP contribution in [-0.4, -0.2) is 70.0 Å². The number of fused-ring (bicyclic) bond motifs is 1. The summed E-state index contributed by atoms with van der Waals surface area (Å²) < 4.78 is 28.9. The number of H-pyrrole nitrogens is 1. The number of aliphatic hydroxyl groups is 1. The molecule has 2 aromatic carbocycles. The highest BCUT2D eigenvalue weighted by atomic mass is 19.2. The lowest BCUT2D eigenvalue weighted by Crippen LogP contribution is -2.43. The lowest BCUT2D eigenvalue weighted by atomic mass is 9.93. The molecule has 0 bridgehead atoms. The standard InChI is InChI=1S/C30H30F2N4O3/c1-17-13-22(30(39)36-11-4-5-18(36)15-35-12-10-19(37)16-35)26(33-17)14-23-27-20(6-3-9-25(27)34-29(23)38)21-7-2-8-24(31)28(21)32/h2-3,6-9,13-14,18-19,33,37H,4-5,10-12,15-16H2,1H3,(H,34,38)/b23-14-/t18?,19-/m1/s1. The van der Waals surface area contributed by atoms with Gasteiger partial charge in [0.15, 0.2) is 11.6 Å². The molecule has 2 atom stereocenters. The molecule has 2 fully saturated rings. The molecule has 0 spiro atoms. The Kier molecular flexibility index (Phi) is 6.56. The zero-order valence-electron chi connectivity index (χ0n) is 21.6. The number of aryl methyl sites for hydroxylation is 1. The van der Waals surface area contributed by atoms with Gasteiger partial charge in [-0.15, -0.1) is 0 Å².